The van der Waals surface area contributed by atoms with Crippen LogP contribution in [0.15, 0.2) is 54.6 Å². The van der Waals surface area contributed by atoms with Gasteiger partial charge in [0.1, 0.15) is 5.82 Å². The molecule has 2 amide bonds. The first-order valence-corrected chi connectivity index (χ1v) is 11.5. The number of halogens is 1. The van der Waals surface area contributed by atoms with E-state index in [0.29, 0.717) is 32.6 Å². The Morgan fingerprint density at radius 2 is 1.45 bits per heavy atom. The fraction of sp³-hybridized carbons (Fsp3) is 0.462. The van der Waals surface area contributed by atoms with E-state index in [1.54, 1.807) is 12.1 Å². The Morgan fingerprint density at radius 3 is 2.10 bits per heavy atom. The minimum Gasteiger partial charge on any atom is -0.339 e. The molecule has 2 aromatic rings. The first-order valence-electron chi connectivity index (χ1n) is 11.5. The molecule has 31 heavy (non-hydrogen) atoms. The van der Waals surface area contributed by atoms with Crippen LogP contribution in [0.4, 0.5) is 4.39 Å². The largest absolute Gasteiger partial charge is 0.339 e. The van der Waals surface area contributed by atoms with Crippen molar-refractivity contribution in [3.8, 4) is 0 Å². The zero-order valence-electron chi connectivity index (χ0n) is 18.1. The van der Waals surface area contributed by atoms with Crippen LogP contribution in [-0.2, 0) is 21.4 Å². The Morgan fingerprint density at radius 1 is 0.839 bits per heavy atom. The van der Waals surface area contributed by atoms with Crippen LogP contribution in [0.2, 0.25) is 0 Å². The molecule has 0 atom stereocenters. The van der Waals surface area contributed by atoms with Crippen molar-refractivity contribution in [1.29, 1.82) is 0 Å². The van der Waals surface area contributed by atoms with E-state index in [1.165, 1.54) is 17.7 Å². The summed E-state index contributed by atoms with van der Waals surface area (Å²) in [5.74, 6) is 0.0497. The first-order chi connectivity index (χ1) is 15.1. The summed E-state index contributed by atoms with van der Waals surface area (Å²) < 4.78 is 13.4. The van der Waals surface area contributed by atoms with Crippen LogP contribution >= 0.6 is 0 Å². The van der Waals surface area contributed by atoms with Gasteiger partial charge in [-0.2, -0.15) is 0 Å². The average molecular weight is 423 g/mol. The normalized spacial score (nSPS) is 18.2. The Labute approximate surface area is 184 Å². The molecule has 2 fully saturated rings. The zero-order chi connectivity index (χ0) is 21.7. The third-order valence-corrected chi connectivity index (χ3v) is 6.88. The number of hydrogen-bond donors (Lipinski definition) is 0. The predicted molar refractivity (Wildman–Crippen MR) is 119 cm³/mol. The maximum absolute atomic E-state index is 13.5. The summed E-state index contributed by atoms with van der Waals surface area (Å²) in [6, 6.07) is 16.7. The van der Waals surface area contributed by atoms with Crippen molar-refractivity contribution >= 4 is 11.8 Å². The Kier molecular flexibility index (Phi) is 6.69. The van der Waals surface area contributed by atoms with Gasteiger partial charge < -0.3 is 9.80 Å². The van der Waals surface area contributed by atoms with Crippen LogP contribution in [0.1, 0.15) is 49.7 Å². The number of piperazine rings is 1. The topological polar surface area (TPSA) is 40.6 Å². The van der Waals surface area contributed by atoms with E-state index in [9.17, 15) is 14.0 Å². The molecule has 2 aliphatic rings. The van der Waals surface area contributed by atoms with Gasteiger partial charge in [-0.05, 0) is 48.9 Å². The molecule has 0 N–H and O–H groups in total. The number of carbonyl (C=O) groups is 2. The smallest absolute Gasteiger partial charge is 0.233 e. The summed E-state index contributed by atoms with van der Waals surface area (Å²) in [6.07, 6.45) is 5.96. The molecule has 0 aromatic heterocycles. The van der Waals surface area contributed by atoms with Gasteiger partial charge in [-0.3, -0.25) is 9.59 Å². The molecule has 2 aromatic carbocycles. The number of amides is 2. The minimum atomic E-state index is -0.532. The van der Waals surface area contributed by atoms with Gasteiger partial charge in [-0.25, -0.2) is 4.39 Å². The number of carbonyl (C=O) groups excluding carboxylic acids is 2. The van der Waals surface area contributed by atoms with Crippen molar-refractivity contribution in [3.63, 3.8) is 0 Å². The van der Waals surface area contributed by atoms with Crippen LogP contribution in [0, 0.1) is 5.82 Å². The SMILES string of the molecule is O=C(CCCc1ccccc1)N1CCN(C(=O)C2(c3ccc(F)cc3)CCCC2)CC1. The second-order valence-corrected chi connectivity index (χ2v) is 8.81. The standard InChI is InChI=1S/C26H31FN2O2/c27-23-13-11-22(12-14-23)26(15-4-5-16-26)25(31)29-19-17-28(18-20-29)24(30)10-6-9-21-7-2-1-3-8-21/h1-3,7-8,11-14H,4-6,9-10,15-20H2. The molecule has 1 heterocycles. The lowest BCUT2D eigenvalue weighted by Gasteiger charge is -2.40. The molecular weight excluding hydrogens is 391 g/mol. The van der Waals surface area contributed by atoms with Crippen LogP contribution in [-0.4, -0.2) is 47.8 Å². The molecule has 1 saturated heterocycles. The lowest BCUT2D eigenvalue weighted by molar-refractivity contribution is -0.143. The van der Waals surface area contributed by atoms with Crippen molar-refractivity contribution in [1.82, 2.24) is 9.80 Å². The van der Waals surface area contributed by atoms with Crippen LogP contribution < -0.4 is 0 Å². The number of aryl methyl sites for hydroxylation is 1. The van der Waals surface area contributed by atoms with Crippen LogP contribution in [0.3, 0.4) is 0 Å². The summed E-state index contributed by atoms with van der Waals surface area (Å²) in [5, 5.41) is 0. The summed E-state index contributed by atoms with van der Waals surface area (Å²) >= 11 is 0. The van der Waals surface area contributed by atoms with Gasteiger partial charge in [0.05, 0.1) is 5.41 Å². The lowest BCUT2D eigenvalue weighted by Crippen LogP contribution is -2.55. The zero-order valence-corrected chi connectivity index (χ0v) is 18.1. The number of hydrogen-bond acceptors (Lipinski definition) is 2. The molecule has 1 saturated carbocycles. The quantitative estimate of drug-likeness (QED) is 0.695. The molecule has 0 bridgehead atoms. The highest BCUT2D eigenvalue weighted by Gasteiger charge is 2.45. The Hall–Kier alpha value is -2.69. The van der Waals surface area contributed by atoms with Gasteiger partial charge in [0.25, 0.3) is 0 Å². The third kappa shape index (κ3) is 4.81. The van der Waals surface area contributed by atoms with E-state index in [-0.39, 0.29) is 17.6 Å². The van der Waals surface area contributed by atoms with Gasteiger partial charge >= 0.3 is 0 Å². The highest BCUT2D eigenvalue weighted by atomic mass is 19.1. The maximum atomic E-state index is 13.5. The van der Waals surface area contributed by atoms with E-state index < -0.39 is 5.41 Å². The predicted octanol–water partition coefficient (Wildman–Crippen LogP) is 4.33. The average Bonchev–Trinajstić information content (AvgIpc) is 3.31. The summed E-state index contributed by atoms with van der Waals surface area (Å²) in [7, 11) is 0. The molecule has 164 valence electrons. The van der Waals surface area contributed by atoms with Crippen LogP contribution in [0.25, 0.3) is 0 Å². The fourth-order valence-corrected chi connectivity index (χ4v) is 5.08. The second kappa shape index (κ2) is 9.63. The van der Waals surface area contributed by atoms with Crippen molar-refractivity contribution in [2.24, 2.45) is 0 Å². The lowest BCUT2D eigenvalue weighted by atomic mass is 9.77. The molecule has 0 spiro atoms. The molecule has 5 heteroatoms. The Balaban J connectivity index is 1.31. The summed E-state index contributed by atoms with van der Waals surface area (Å²) in [5.41, 5.74) is 1.65. The van der Waals surface area contributed by atoms with E-state index in [4.69, 9.17) is 0 Å². The van der Waals surface area contributed by atoms with E-state index in [2.05, 4.69) is 12.1 Å². The van der Waals surface area contributed by atoms with E-state index >= 15 is 0 Å². The van der Waals surface area contributed by atoms with Crippen molar-refractivity contribution in [2.75, 3.05) is 26.2 Å². The summed E-state index contributed by atoms with van der Waals surface area (Å²) in [6.45, 7) is 2.34. The molecule has 1 aliphatic carbocycles. The highest BCUT2D eigenvalue weighted by molar-refractivity contribution is 5.89. The van der Waals surface area contributed by atoms with Gasteiger partial charge in [0.15, 0.2) is 0 Å². The second-order valence-electron chi connectivity index (χ2n) is 8.81. The van der Waals surface area contributed by atoms with Gasteiger partial charge in [0, 0.05) is 32.6 Å². The summed E-state index contributed by atoms with van der Waals surface area (Å²) in [4.78, 5) is 30.0. The molecular formula is C26H31FN2O2. The maximum Gasteiger partial charge on any atom is 0.233 e. The van der Waals surface area contributed by atoms with Crippen molar-refractivity contribution in [3.05, 3.63) is 71.5 Å². The number of benzene rings is 2. The van der Waals surface area contributed by atoms with E-state index in [1.807, 2.05) is 28.0 Å². The molecule has 0 radical (unpaired) electrons. The molecule has 0 unspecified atom stereocenters. The van der Waals surface area contributed by atoms with Gasteiger partial charge in [0.2, 0.25) is 11.8 Å². The number of nitrogens with zero attached hydrogens (tertiary/aromatic N) is 2. The molecule has 4 nitrogen and oxygen atoms in total. The minimum absolute atomic E-state index is 0.146. The van der Waals surface area contributed by atoms with Gasteiger partial charge in [-0.15, -0.1) is 0 Å². The van der Waals surface area contributed by atoms with Gasteiger partial charge in [-0.1, -0.05) is 55.3 Å². The first kappa shape index (κ1) is 21.5. The highest BCUT2D eigenvalue weighted by Crippen LogP contribution is 2.42. The molecule has 1 aliphatic heterocycles. The molecule has 4 rings (SSSR count). The van der Waals surface area contributed by atoms with Crippen molar-refractivity contribution in [2.45, 2.75) is 50.4 Å². The van der Waals surface area contributed by atoms with Crippen molar-refractivity contribution < 1.29 is 14.0 Å². The monoisotopic (exact) mass is 422 g/mol. The van der Waals surface area contributed by atoms with Crippen LogP contribution in [0.5, 0.6) is 0 Å². The van der Waals surface area contributed by atoms with E-state index in [0.717, 1.165) is 44.1 Å². The Bertz CT molecular complexity index is 883. The third-order valence-electron chi connectivity index (χ3n) is 6.88. The number of rotatable bonds is 6. The fourth-order valence-electron chi connectivity index (χ4n) is 5.08.